The Hall–Kier alpha value is -2.07. The van der Waals surface area contributed by atoms with E-state index in [1.54, 1.807) is 24.1 Å². The van der Waals surface area contributed by atoms with Crippen molar-refractivity contribution in [3.05, 3.63) is 42.2 Å². The van der Waals surface area contributed by atoms with Gasteiger partial charge in [0.25, 0.3) is 9.84 Å². The van der Waals surface area contributed by atoms with Crippen molar-refractivity contribution in [2.24, 2.45) is 7.05 Å². The summed E-state index contributed by atoms with van der Waals surface area (Å²) in [4.78, 5) is 1.08. The van der Waals surface area contributed by atoms with Crippen molar-refractivity contribution in [3.8, 4) is 0 Å². The number of nitrogens with one attached hydrogen (secondary N) is 1. The van der Waals surface area contributed by atoms with Crippen LogP contribution in [0.3, 0.4) is 0 Å². The third-order valence-electron chi connectivity index (χ3n) is 3.70. The number of sulfone groups is 1. The maximum Gasteiger partial charge on any atom is 0.501 e. The van der Waals surface area contributed by atoms with E-state index >= 15 is 0 Å². The fourth-order valence-corrected chi connectivity index (χ4v) is 3.33. The van der Waals surface area contributed by atoms with E-state index in [4.69, 9.17) is 0 Å². The number of hydrogen-bond donors (Lipinski definition) is 1. The molecule has 1 aromatic heterocycles. The molecule has 2 aromatic rings. The van der Waals surface area contributed by atoms with Gasteiger partial charge in [0.05, 0.1) is 22.8 Å². The predicted molar refractivity (Wildman–Crippen MR) is 87.8 cm³/mol. The quantitative estimate of drug-likeness (QED) is 0.839. The number of likely N-dealkylation sites (N-methyl/N-ethyl adjacent to an activating group) is 1. The zero-order valence-corrected chi connectivity index (χ0v) is 14.8. The molecule has 138 valence electrons. The van der Waals surface area contributed by atoms with Crippen molar-refractivity contribution in [1.29, 1.82) is 0 Å². The lowest BCUT2D eigenvalue weighted by Crippen LogP contribution is -2.28. The van der Waals surface area contributed by atoms with Crippen LogP contribution in [0.25, 0.3) is 0 Å². The van der Waals surface area contributed by atoms with E-state index in [2.05, 4.69) is 10.4 Å². The number of benzene rings is 1. The highest BCUT2D eigenvalue weighted by atomic mass is 32.2. The molecule has 0 amide bonds. The molecule has 0 saturated carbocycles. The third kappa shape index (κ3) is 4.13. The van der Waals surface area contributed by atoms with E-state index in [9.17, 15) is 21.6 Å². The lowest BCUT2D eigenvalue weighted by molar-refractivity contribution is -0.0435. The Morgan fingerprint density at radius 2 is 1.92 bits per heavy atom. The number of aryl methyl sites for hydroxylation is 1. The molecule has 10 heteroatoms. The minimum absolute atomic E-state index is 0.0874. The summed E-state index contributed by atoms with van der Waals surface area (Å²) in [6, 6.07) is 4.80. The number of nitrogens with zero attached hydrogens (tertiary/aromatic N) is 3. The van der Waals surface area contributed by atoms with Gasteiger partial charge in [-0.15, -0.1) is 0 Å². The molecular weight excluding hydrogens is 357 g/mol. The van der Waals surface area contributed by atoms with Crippen LogP contribution in [0, 0.1) is 0 Å². The first-order chi connectivity index (χ1) is 11.5. The highest BCUT2D eigenvalue weighted by Gasteiger charge is 2.47. The molecule has 0 fully saturated rings. The van der Waals surface area contributed by atoms with Crippen LogP contribution in [-0.2, 0) is 16.9 Å². The van der Waals surface area contributed by atoms with E-state index < -0.39 is 20.2 Å². The first-order valence-electron chi connectivity index (χ1n) is 7.33. The molecule has 1 heterocycles. The second-order valence-electron chi connectivity index (χ2n) is 5.75. The second kappa shape index (κ2) is 7.04. The van der Waals surface area contributed by atoms with Gasteiger partial charge in [0, 0.05) is 25.4 Å². The highest BCUT2D eigenvalue weighted by molar-refractivity contribution is 7.92. The molecule has 25 heavy (non-hydrogen) atoms. The first kappa shape index (κ1) is 19.3. The number of rotatable bonds is 6. The van der Waals surface area contributed by atoms with Gasteiger partial charge in [-0.2, -0.15) is 18.3 Å². The fraction of sp³-hybridized carbons (Fsp3) is 0.400. The molecule has 0 radical (unpaired) electrons. The molecule has 0 aliphatic heterocycles. The number of aromatic nitrogens is 2. The highest BCUT2D eigenvalue weighted by Crippen LogP contribution is 2.34. The predicted octanol–water partition coefficient (Wildman–Crippen LogP) is 2.43. The topological polar surface area (TPSA) is 67.2 Å². The Kier molecular flexibility index (Phi) is 5.43. The van der Waals surface area contributed by atoms with Crippen LogP contribution in [0.5, 0.6) is 0 Å². The number of halogens is 3. The van der Waals surface area contributed by atoms with Crippen LogP contribution >= 0.6 is 0 Å². The lowest BCUT2D eigenvalue weighted by Gasteiger charge is -2.24. The minimum atomic E-state index is -5.43. The zero-order chi connectivity index (χ0) is 18.8. The van der Waals surface area contributed by atoms with Crippen molar-refractivity contribution in [3.63, 3.8) is 0 Å². The Morgan fingerprint density at radius 3 is 2.44 bits per heavy atom. The van der Waals surface area contributed by atoms with Crippen LogP contribution in [0.2, 0.25) is 0 Å². The van der Waals surface area contributed by atoms with Crippen molar-refractivity contribution in [2.75, 3.05) is 26.0 Å². The lowest BCUT2D eigenvalue weighted by atomic mass is 10.1. The van der Waals surface area contributed by atoms with Crippen LogP contribution in [-0.4, -0.2) is 49.2 Å². The molecule has 6 nitrogen and oxygen atoms in total. The van der Waals surface area contributed by atoms with Gasteiger partial charge in [0.2, 0.25) is 0 Å². The minimum Gasteiger partial charge on any atom is -0.382 e. The van der Waals surface area contributed by atoms with Gasteiger partial charge in [0.15, 0.2) is 0 Å². The van der Waals surface area contributed by atoms with Crippen molar-refractivity contribution >= 4 is 15.5 Å². The smallest absolute Gasteiger partial charge is 0.382 e. The monoisotopic (exact) mass is 376 g/mol. The number of anilines is 1. The summed E-state index contributed by atoms with van der Waals surface area (Å²) >= 11 is 0. The van der Waals surface area contributed by atoms with Crippen molar-refractivity contribution in [2.45, 2.75) is 16.4 Å². The molecule has 0 spiro atoms. The average Bonchev–Trinajstić information content (AvgIpc) is 2.92. The summed E-state index contributed by atoms with van der Waals surface area (Å²) in [5.74, 6) is 0. The summed E-state index contributed by atoms with van der Waals surface area (Å²) in [5.41, 5.74) is -4.58. The maximum absolute atomic E-state index is 12.9. The van der Waals surface area contributed by atoms with Crippen molar-refractivity contribution < 1.29 is 21.6 Å². The van der Waals surface area contributed by atoms with Crippen LogP contribution in [0.4, 0.5) is 18.9 Å². The van der Waals surface area contributed by atoms with Crippen molar-refractivity contribution in [1.82, 2.24) is 14.7 Å². The van der Waals surface area contributed by atoms with Gasteiger partial charge >= 0.3 is 5.51 Å². The molecule has 1 N–H and O–H groups in total. The largest absolute Gasteiger partial charge is 0.501 e. The molecular formula is C15H19F3N4O2S. The maximum atomic E-state index is 12.9. The van der Waals surface area contributed by atoms with E-state index in [-0.39, 0.29) is 18.3 Å². The molecule has 1 aromatic carbocycles. The Labute approximate surface area is 144 Å². The number of hydrogen-bond acceptors (Lipinski definition) is 5. The molecule has 1 unspecified atom stereocenters. The van der Waals surface area contributed by atoms with Gasteiger partial charge in [0.1, 0.15) is 0 Å². The normalized spacial score (nSPS) is 13.9. The summed E-state index contributed by atoms with van der Waals surface area (Å²) in [5, 5.41) is 6.90. The molecule has 1 atom stereocenters. The zero-order valence-electron chi connectivity index (χ0n) is 13.9. The van der Waals surface area contributed by atoms with Gasteiger partial charge in [-0.1, -0.05) is 12.1 Å². The number of para-hydroxylation sites is 1. The van der Waals surface area contributed by atoms with E-state index in [1.165, 1.54) is 18.2 Å². The van der Waals surface area contributed by atoms with Gasteiger partial charge < -0.3 is 10.2 Å². The standard InChI is InChI=1S/C15H19F3N4O2S/c1-21(2)13(11-8-20-22(3)10-11)9-19-12-6-4-5-7-14(12)25(23,24)15(16,17)18/h4-8,10,13,19H,9H2,1-3H3. The molecule has 2 rings (SSSR count). The average molecular weight is 376 g/mol. The molecule has 0 aliphatic rings. The second-order valence-corrected chi connectivity index (χ2v) is 7.66. The Bertz CT molecular complexity index is 831. The van der Waals surface area contributed by atoms with Crippen LogP contribution in [0.15, 0.2) is 41.6 Å². The van der Waals surface area contributed by atoms with E-state index in [0.717, 1.165) is 11.6 Å². The summed E-state index contributed by atoms with van der Waals surface area (Å²) in [6.07, 6.45) is 3.45. The summed E-state index contributed by atoms with van der Waals surface area (Å²) < 4.78 is 63.7. The number of alkyl halides is 3. The molecule has 0 bridgehead atoms. The Morgan fingerprint density at radius 1 is 1.28 bits per heavy atom. The third-order valence-corrected chi connectivity index (χ3v) is 5.24. The summed E-state index contributed by atoms with van der Waals surface area (Å²) in [7, 11) is -0.0352. The van der Waals surface area contributed by atoms with Gasteiger partial charge in [-0.3, -0.25) is 4.68 Å². The summed E-state index contributed by atoms with van der Waals surface area (Å²) in [6.45, 7) is 0.211. The fourth-order valence-electron chi connectivity index (χ4n) is 2.39. The van der Waals surface area contributed by atoms with E-state index in [0.29, 0.717) is 0 Å². The van der Waals surface area contributed by atoms with Gasteiger partial charge in [-0.05, 0) is 26.2 Å². The molecule has 0 saturated heterocycles. The Balaban J connectivity index is 2.29. The van der Waals surface area contributed by atoms with Crippen LogP contribution < -0.4 is 5.32 Å². The van der Waals surface area contributed by atoms with E-state index in [1.807, 2.05) is 19.0 Å². The van der Waals surface area contributed by atoms with Gasteiger partial charge in [-0.25, -0.2) is 8.42 Å². The SMILES string of the molecule is CN(C)C(CNc1ccccc1S(=O)(=O)C(F)(F)F)c1cnn(C)c1. The van der Waals surface area contributed by atoms with Crippen LogP contribution in [0.1, 0.15) is 11.6 Å². The molecule has 0 aliphatic carbocycles. The first-order valence-corrected chi connectivity index (χ1v) is 8.81.